The fourth-order valence-corrected chi connectivity index (χ4v) is 2.41. The number of rotatable bonds is 3. The van der Waals surface area contributed by atoms with Crippen LogP contribution in [0.3, 0.4) is 0 Å². The molecule has 0 aromatic heterocycles. The van der Waals surface area contributed by atoms with E-state index < -0.39 is 5.60 Å². The molecule has 1 amide bonds. The largest absolute Gasteiger partial charge is 0.444 e. The third kappa shape index (κ3) is 3.87. The van der Waals surface area contributed by atoms with Crippen LogP contribution < -0.4 is 0 Å². The number of hydrogen-bond donors (Lipinski definition) is 1. The molecule has 1 aliphatic heterocycles. The summed E-state index contributed by atoms with van der Waals surface area (Å²) in [5.41, 5.74) is -0.457. The molecule has 0 bridgehead atoms. The van der Waals surface area contributed by atoms with Gasteiger partial charge in [0.05, 0.1) is 0 Å². The first kappa shape index (κ1) is 14.3. The van der Waals surface area contributed by atoms with Crippen molar-refractivity contribution in [3.8, 4) is 0 Å². The minimum absolute atomic E-state index is 0.125. The highest BCUT2D eigenvalue weighted by molar-refractivity contribution is 5.69. The monoisotopic (exact) mass is 243 g/mol. The molecule has 1 N–H and O–H groups in total. The second kappa shape index (κ2) is 5.71. The van der Waals surface area contributed by atoms with E-state index in [1.54, 1.807) is 0 Å². The van der Waals surface area contributed by atoms with E-state index in [0.717, 1.165) is 19.3 Å². The van der Waals surface area contributed by atoms with E-state index in [-0.39, 0.29) is 24.8 Å². The molecule has 2 atom stereocenters. The first-order valence-electron chi connectivity index (χ1n) is 6.51. The Hall–Kier alpha value is -0.770. The highest BCUT2D eigenvalue weighted by Gasteiger charge is 2.37. The standard InChI is InChI=1S/C13H25NO3/c1-5-10-6-7-11(8-9-15)14(10)12(16)17-13(2,3)4/h10-11,15H,5-9H2,1-4H3/t10-,11?/m1/s1. The maximum absolute atomic E-state index is 12.1. The number of ether oxygens (including phenoxy) is 1. The number of nitrogens with zero attached hydrogens (tertiary/aromatic N) is 1. The molecule has 4 nitrogen and oxygen atoms in total. The van der Waals surface area contributed by atoms with E-state index in [1.807, 2.05) is 25.7 Å². The fraction of sp³-hybridized carbons (Fsp3) is 0.923. The van der Waals surface area contributed by atoms with Crippen molar-refractivity contribution in [2.24, 2.45) is 0 Å². The lowest BCUT2D eigenvalue weighted by atomic mass is 10.1. The van der Waals surface area contributed by atoms with Crippen LogP contribution >= 0.6 is 0 Å². The summed E-state index contributed by atoms with van der Waals surface area (Å²) in [7, 11) is 0. The van der Waals surface area contributed by atoms with Gasteiger partial charge in [-0.2, -0.15) is 0 Å². The van der Waals surface area contributed by atoms with Crippen LogP contribution in [0.2, 0.25) is 0 Å². The molecule has 1 heterocycles. The number of aliphatic hydroxyl groups is 1. The van der Waals surface area contributed by atoms with Crippen molar-refractivity contribution in [2.75, 3.05) is 6.61 Å². The van der Waals surface area contributed by atoms with E-state index in [2.05, 4.69) is 6.92 Å². The Kier molecular flexibility index (Phi) is 4.80. The summed E-state index contributed by atoms with van der Waals surface area (Å²) >= 11 is 0. The second-order valence-corrected chi connectivity index (χ2v) is 5.69. The van der Waals surface area contributed by atoms with Crippen LogP contribution in [0.1, 0.15) is 53.4 Å². The van der Waals surface area contributed by atoms with Crippen molar-refractivity contribution in [3.05, 3.63) is 0 Å². The van der Waals surface area contributed by atoms with Gasteiger partial charge in [0.25, 0.3) is 0 Å². The third-order valence-electron chi connectivity index (χ3n) is 3.16. The van der Waals surface area contributed by atoms with Crippen molar-refractivity contribution < 1.29 is 14.6 Å². The normalized spacial score (nSPS) is 25.1. The summed E-state index contributed by atoms with van der Waals surface area (Å²) in [6.45, 7) is 7.85. The number of aliphatic hydroxyl groups excluding tert-OH is 1. The van der Waals surface area contributed by atoms with Crippen LogP contribution in [-0.2, 0) is 4.74 Å². The van der Waals surface area contributed by atoms with Gasteiger partial charge in [0.15, 0.2) is 0 Å². The Bertz CT molecular complexity index is 260. The number of carbonyl (C=O) groups excluding carboxylic acids is 1. The summed E-state index contributed by atoms with van der Waals surface area (Å²) in [6.07, 6.45) is 3.34. The van der Waals surface area contributed by atoms with Gasteiger partial charge in [-0.1, -0.05) is 6.92 Å². The first-order chi connectivity index (χ1) is 7.89. The van der Waals surface area contributed by atoms with Gasteiger partial charge in [-0.15, -0.1) is 0 Å². The minimum atomic E-state index is -0.457. The SMILES string of the molecule is CC[C@@H]1CCC(CCO)N1C(=O)OC(C)(C)C. The zero-order chi connectivity index (χ0) is 13.1. The molecule has 1 saturated heterocycles. The summed E-state index contributed by atoms with van der Waals surface area (Å²) < 4.78 is 5.44. The third-order valence-corrected chi connectivity index (χ3v) is 3.16. The van der Waals surface area contributed by atoms with Gasteiger partial charge in [0.2, 0.25) is 0 Å². The Morgan fingerprint density at radius 2 is 1.94 bits per heavy atom. The van der Waals surface area contributed by atoms with Crippen LogP contribution in [0.4, 0.5) is 4.79 Å². The highest BCUT2D eigenvalue weighted by Crippen LogP contribution is 2.29. The number of amides is 1. The maximum atomic E-state index is 12.1. The maximum Gasteiger partial charge on any atom is 0.410 e. The molecule has 0 spiro atoms. The molecule has 100 valence electrons. The van der Waals surface area contributed by atoms with Gasteiger partial charge in [-0.25, -0.2) is 4.79 Å². The summed E-state index contributed by atoms with van der Waals surface area (Å²) in [6, 6.07) is 0.404. The minimum Gasteiger partial charge on any atom is -0.444 e. The molecule has 0 aromatic carbocycles. The van der Waals surface area contributed by atoms with E-state index in [9.17, 15) is 4.79 Å². The van der Waals surface area contributed by atoms with Crippen molar-refractivity contribution in [1.82, 2.24) is 4.90 Å². The fourth-order valence-electron chi connectivity index (χ4n) is 2.41. The van der Waals surface area contributed by atoms with Gasteiger partial charge in [0, 0.05) is 18.7 Å². The highest BCUT2D eigenvalue weighted by atomic mass is 16.6. The first-order valence-corrected chi connectivity index (χ1v) is 6.51. The molecule has 0 aromatic rings. The average Bonchev–Trinajstić information content (AvgIpc) is 2.58. The average molecular weight is 243 g/mol. The van der Waals surface area contributed by atoms with Gasteiger partial charge in [0.1, 0.15) is 5.60 Å². The van der Waals surface area contributed by atoms with Gasteiger partial charge < -0.3 is 14.7 Å². The van der Waals surface area contributed by atoms with E-state index in [4.69, 9.17) is 9.84 Å². The lowest BCUT2D eigenvalue weighted by molar-refractivity contribution is 0.0123. The molecule has 4 heteroatoms. The van der Waals surface area contributed by atoms with Gasteiger partial charge >= 0.3 is 6.09 Å². The molecule has 0 radical (unpaired) electrons. The van der Waals surface area contributed by atoms with Crippen molar-refractivity contribution >= 4 is 6.09 Å². The molecule has 0 saturated carbocycles. The predicted molar refractivity (Wildman–Crippen MR) is 66.9 cm³/mol. The van der Waals surface area contributed by atoms with Crippen molar-refractivity contribution in [2.45, 2.75) is 71.1 Å². The van der Waals surface area contributed by atoms with Crippen LogP contribution in [0, 0.1) is 0 Å². The van der Waals surface area contributed by atoms with E-state index in [1.165, 1.54) is 0 Å². The van der Waals surface area contributed by atoms with E-state index in [0.29, 0.717) is 6.42 Å². The lowest BCUT2D eigenvalue weighted by Gasteiger charge is -2.32. The summed E-state index contributed by atoms with van der Waals surface area (Å²) in [5, 5.41) is 9.04. The smallest absolute Gasteiger partial charge is 0.410 e. The lowest BCUT2D eigenvalue weighted by Crippen LogP contribution is -2.44. The molecule has 1 rings (SSSR count). The molecule has 1 fully saturated rings. The predicted octanol–water partition coefficient (Wildman–Crippen LogP) is 2.55. The second-order valence-electron chi connectivity index (χ2n) is 5.69. The van der Waals surface area contributed by atoms with E-state index >= 15 is 0 Å². The van der Waals surface area contributed by atoms with Crippen LogP contribution in [0.5, 0.6) is 0 Å². The Morgan fingerprint density at radius 1 is 1.35 bits per heavy atom. The number of likely N-dealkylation sites (tertiary alicyclic amines) is 1. The van der Waals surface area contributed by atoms with Gasteiger partial charge in [-0.05, 0) is 46.5 Å². The molecule has 0 aliphatic carbocycles. The zero-order valence-electron chi connectivity index (χ0n) is 11.4. The quantitative estimate of drug-likeness (QED) is 0.828. The summed E-state index contributed by atoms with van der Waals surface area (Å²) in [5.74, 6) is 0. The Morgan fingerprint density at radius 3 is 2.41 bits per heavy atom. The van der Waals surface area contributed by atoms with Crippen LogP contribution in [-0.4, -0.2) is 40.4 Å². The molecule has 1 unspecified atom stereocenters. The Balaban J connectivity index is 2.70. The molecule has 17 heavy (non-hydrogen) atoms. The van der Waals surface area contributed by atoms with Crippen molar-refractivity contribution in [1.29, 1.82) is 0 Å². The molecular weight excluding hydrogens is 218 g/mol. The van der Waals surface area contributed by atoms with Gasteiger partial charge in [-0.3, -0.25) is 0 Å². The summed E-state index contributed by atoms with van der Waals surface area (Å²) in [4.78, 5) is 14.0. The molecular formula is C13H25NO3. The zero-order valence-corrected chi connectivity index (χ0v) is 11.4. The number of carbonyl (C=O) groups is 1. The Labute approximate surface area is 104 Å². The van der Waals surface area contributed by atoms with Crippen LogP contribution in [0.25, 0.3) is 0 Å². The topological polar surface area (TPSA) is 49.8 Å². The van der Waals surface area contributed by atoms with Crippen LogP contribution in [0.15, 0.2) is 0 Å². The number of hydrogen-bond acceptors (Lipinski definition) is 3. The van der Waals surface area contributed by atoms with Crippen molar-refractivity contribution in [3.63, 3.8) is 0 Å². The molecule has 1 aliphatic rings.